The van der Waals surface area contributed by atoms with Crippen molar-refractivity contribution in [1.29, 1.82) is 0 Å². The van der Waals surface area contributed by atoms with E-state index in [1.807, 2.05) is 18.2 Å². The van der Waals surface area contributed by atoms with Gasteiger partial charge in [0.15, 0.2) is 6.61 Å². The fourth-order valence-corrected chi connectivity index (χ4v) is 2.43. The van der Waals surface area contributed by atoms with Crippen molar-refractivity contribution in [2.75, 3.05) is 13.2 Å². The van der Waals surface area contributed by atoms with E-state index in [1.165, 1.54) is 0 Å². The van der Waals surface area contributed by atoms with E-state index in [1.54, 1.807) is 44.2 Å². The molecule has 0 atom stereocenters. The molecule has 0 radical (unpaired) electrons. The van der Waals surface area contributed by atoms with Crippen molar-refractivity contribution in [1.82, 2.24) is 0 Å². The number of para-hydroxylation sites is 1. The Balaban J connectivity index is 1.89. The molecule has 6 heteroatoms. The van der Waals surface area contributed by atoms with Crippen LogP contribution >= 0.6 is 0 Å². The van der Waals surface area contributed by atoms with Crippen LogP contribution in [-0.4, -0.2) is 19.2 Å². The van der Waals surface area contributed by atoms with Crippen LogP contribution < -0.4 is 14.9 Å². The highest BCUT2D eigenvalue weighted by Gasteiger charge is 2.15. The lowest BCUT2D eigenvalue weighted by Crippen LogP contribution is -2.14. The van der Waals surface area contributed by atoms with Gasteiger partial charge in [-0.05, 0) is 38.1 Å². The standard InChI is InChI=1S/C20H18O6/c1-3-23-18(21)12-24-15-9-10-16-17(11-15)25-13(2)20(19(16)22)26-14-7-5-4-6-8-14/h4-11H,3,12H2,1-2H3. The lowest BCUT2D eigenvalue weighted by atomic mass is 10.2. The average molecular weight is 354 g/mol. The largest absolute Gasteiger partial charge is 0.482 e. The first-order valence-corrected chi connectivity index (χ1v) is 8.17. The van der Waals surface area contributed by atoms with Crippen LogP contribution in [0.1, 0.15) is 12.7 Å². The number of hydrogen-bond acceptors (Lipinski definition) is 6. The van der Waals surface area contributed by atoms with Crippen LogP contribution in [0.2, 0.25) is 0 Å². The van der Waals surface area contributed by atoms with Crippen molar-refractivity contribution in [2.45, 2.75) is 13.8 Å². The van der Waals surface area contributed by atoms with Gasteiger partial charge < -0.3 is 18.6 Å². The SMILES string of the molecule is CCOC(=O)COc1ccc2c(=O)c(Oc3ccccc3)c(C)oc2c1. The third-order valence-electron chi connectivity index (χ3n) is 3.61. The molecule has 26 heavy (non-hydrogen) atoms. The molecule has 2 aromatic carbocycles. The van der Waals surface area contributed by atoms with Crippen molar-refractivity contribution in [3.8, 4) is 17.2 Å². The predicted molar refractivity (Wildman–Crippen MR) is 95.9 cm³/mol. The Morgan fingerprint density at radius 3 is 2.58 bits per heavy atom. The molecule has 0 unspecified atom stereocenters. The molecular formula is C20H18O6. The summed E-state index contributed by atoms with van der Waals surface area (Å²) in [6, 6.07) is 13.8. The second kappa shape index (κ2) is 7.74. The normalized spacial score (nSPS) is 10.5. The summed E-state index contributed by atoms with van der Waals surface area (Å²) in [5.74, 6) is 0.996. The summed E-state index contributed by atoms with van der Waals surface area (Å²) in [5, 5.41) is 0.366. The second-order valence-electron chi connectivity index (χ2n) is 5.48. The van der Waals surface area contributed by atoms with Crippen molar-refractivity contribution in [3.63, 3.8) is 0 Å². The van der Waals surface area contributed by atoms with E-state index >= 15 is 0 Å². The number of carbonyl (C=O) groups excluding carboxylic acids is 1. The topological polar surface area (TPSA) is 75.0 Å². The third kappa shape index (κ3) is 3.85. The van der Waals surface area contributed by atoms with E-state index in [0.29, 0.717) is 28.2 Å². The first kappa shape index (κ1) is 17.5. The Hall–Kier alpha value is -3.28. The van der Waals surface area contributed by atoms with Crippen LogP contribution in [-0.2, 0) is 9.53 Å². The molecule has 1 aromatic heterocycles. The maximum atomic E-state index is 12.7. The molecule has 0 aliphatic carbocycles. The van der Waals surface area contributed by atoms with Crippen molar-refractivity contribution < 1.29 is 23.4 Å². The van der Waals surface area contributed by atoms with Gasteiger partial charge in [0.25, 0.3) is 0 Å². The molecule has 0 amide bonds. The fraction of sp³-hybridized carbons (Fsp3) is 0.200. The first-order chi connectivity index (χ1) is 12.6. The molecule has 0 bridgehead atoms. The lowest BCUT2D eigenvalue weighted by molar-refractivity contribution is -0.145. The summed E-state index contributed by atoms with van der Waals surface area (Å²) in [4.78, 5) is 24.1. The first-order valence-electron chi connectivity index (χ1n) is 8.17. The zero-order chi connectivity index (χ0) is 18.5. The second-order valence-corrected chi connectivity index (χ2v) is 5.48. The summed E-state index contributed by atoms with van der Waals surface area (Å²) < 4.78 is 21.6. The Morgan fingerprint density at radius 1 is 1.08 bits per heavy atom. The van der Waals surface area contributed by atoms with Gasteiger partial charge in [-0.2, -0.15) is 0 Å². The van der Waals surface area contributed by atoms with Crippen molar-refractivity contribution in [3.05, 3.63) is 64.5 Å². The van der Waals surface area contributed by atoms with Crippen LogP contribution in [0.15, 0.2) is 57.7 Å². The average Bonchev–Trinajstić information content (AvgIpc) is 2.64. The van der Waals surface area contributed by atoms with E-state index < -0.39 is 5.97 Å². The molecular weight excluding hydrogens is 336 g/mol. The number of ether oxygens (including phenoxy) is 3. The molecule has 0 aliphatic heterocycles. The van der Waals surface area contributed by atoms with Crippen LogP contribution in [0.25, 0.3) is 11.0 Å². The number of rotatable bonds is 6. The highest BCUT2D eigenvalue weighted by Crippen LogP contribution is 2.27. The number of carbonyl (C=O) groups is 1. The van der Waals surface area contributed by atoms with Crippen LogP contribution in [0, 0.1) is 6.92 Å². The van der Waals surface area contributed by atoms with Gasteiger partial charge in [0.2, 0.25) is 11.2 Å². The zero-order valence-electron chi connectivity index (χ0n) is 14.5. The fourth-order valence-electron chi connectivity index (χ4n) is 2.43. The Labute approximate surface area is 149 Å². The number of esters is 1. The van der Waals surface area contributed by atoms with Crippen molar-refractivity contribution in [2.24, 2.45) is 0 Å². The monoisotopic (exact) mass is 354 g/mol. The number of hydrogen-bond donors (Lipinski definition) is 0. The predicted octanol–water partition coefficient (Wildman–Crippen LogP) is 3.84. The van der Waals surface area contributed by atoms with Crippen LogP contribution in [0.5, 0.6) is 17.2 Å². The van der Waals surface area contributed by atoms with Gasteiger partial charge in [0.1, 0.15) is 22.8 Å². The molecule has 0 saturated carbocycles. The van der Waals surface area contributed by atoms with Crippen LogP contribution in [0.3, 0.4) is 0 Å². The lowest BCUT2D eigenvalue weighted by Gasteiger charge is -2.10. The van der Waals surface area contributed by atoms with Gasteiger partial charge in [0, 0.05) is 6.07 Å². The van der Waals surface area contributed by atoms with E-state index in [4.69, 9.17) is 18.6 Å². The minimum absolute atomic E-state index is 0.142. The Morgan fingerprint density at radius 2 is 1.85 bits per heavy atom. The van der Waals surface area contributed by atoms with E-state index in [9.17, 15) is 9.59 Å². The minimum atomic E-state index is -0.461. The van der Waals surface area contributed by atoms with Crippen LogP contribution in [0.4, 0.5) is 0 Å². The minimum Gasteiger partial charge on any atom is -0.482 e. The highest BCUT2D eigenvalue weighted by molar-refractivity contribution is 5.80. The molecule has 0 aliphatic rings. The van der Waals surface area contributed by atoms with Gasteiger partial charge >= 0.3 is 5.97 Å². The summed E-state index contributed by atoms with van der Waals surface area (Å²) in [6.07, 6.45) is 0. The number of benzene rings is 2. The number of fused-ring (bicyclic) bond motifs is 1. The molecule has 3 rings (SSSR count). The van der Waals surface area contributed by atoms with Gasteiger partial charge in [-0.3, -0.25) is 4.79 Å². The summed E-state index contributed by atoms with van der Waals surface area (Å²) in [5.41, 5.74) is 0.0822. The van der Waals surface area contributed by atoms with E-state index in [-0.39, 0.29) is 24.4 Å². The third-order valence-corrected chi connectivity index (χ3v) is 3.61. The molecule has 1 heterocycles. The molecule has 0 fully saturated rings. The van der Waals surface area contributed by atoms with Gasteiger partial charge in [0.05, 0.1) is 12.0 Å². The quantitative estimate of drug-likeness (QED) is 0.626. The van der Waals surface area contributed by atoms with Gasteiger partial charge in [-0.1, -0.05) is 18.2 Å². The molecule has 3 aromatic rings. The summed E-state index contributed by atoms with van der Waals surface area (Å²) in [7, 11) is 0. The molecule has 0 spiro atoms. The van der Waals surface area contributed by atoms with E-state index in [2.05, 4.69) is 0 Å². The molecule has 0 saturated heterocycles. The maximum Gasteiger partial charge on any atom is 0.344 e. The Bertz CT molecular complexity index is 975. The zero-order valence-corrected chi connectivity index (χ0v) is 14.5. The summed E-state index contributed by atoms with van der Waals surface area (Å²) >= 11 is 0. The maximum absolute atomic E-state index is 12.7. The smallest absolute Gasteiger partial charge is 0.344 e. The highest BCUT2D eigenvalue weighted by atomic mass is 16.6. The van der Waals surface area contributed by atoms with Gasteiger partial charge in [-0.15, -0.1) is 0 Å². The molecule has 134 valence electrons. The van der Waals surface area contributed by atoms with Crippen molar-refractivity contribution >= 4 is 16.9 Å². The molecule has 6 nitrogen and oxygen atoms in total. The molecule has 0 N–H and O–H groups in total. The summed E-state index contributed by atoms with van der Waals surface area (Å²) in [6.45, 7) is 3.46. The Kier molecular flexibility index (Phi) is 5.22. The van der Waals surface area contributed by atoms with Gasteiger partial charge in [-0.25, -0.2) is 4.79 Å². The number of aryl methyl sites for hydroxylation is 1. The van der Waals surface area contributed by atoms with E-state index in [0.717, 1.165) is 0 Å².